The van der Waals surface area contributed by atoms with Crippen LogP contribution in [-0.2, 0) is 9.53 Å². The molecule has 0 radical (unpaired) electrons. The molecule has 0 spiro atoms. The minimum absolute atomic E-state index is 0.131. The quantitative estimate of drug-likeness (QED) is 0.837. The number of thiophene rings is 1. The number of nitrogens with one attached hydrogen (secondary N) is 1. The van der Waals surface area contributed by atoms with E-state index in [-0.39, 0.29) is 12.5 Å². The second kappa shape index (κ2) is 10.6. The molecule has 1 aromatic heterocycles. The van der Waals surface area contributed by atoms with Gasteiger partial charge in [-0.1, -0.05) is 51.0 Å². The van der Waals surface area contributed by atoms with Crippen LogP contribution in [-0.4, -0.2) is 25.5 Å². The van der Waals surface area contributed by atoms with Gasteiger partial charge < -0.3 is 10.1 Å². The van der Waals surface area contributed by atoms with Crippen LogP contribution in [0.25, 0.3) is 10.4 Å². The van der Waals surface area contributed by atoms with Crippen LogP contribution in [0.4, 0.5) is 0 Å². The normalized spacial score (nSPS) is 9.52. The van der Waals surface area contributed by atoms with Crippen molar-refractivity contribution >= 4 is 23.2 Å². The zero-order valence-corrected chi connectivity index (χ0v) is 14.6. The van der Waals surface area contributed by atoms with E-state index >= 15 is 0 Å². The lowest BCUT2D eigenvalue weighted by atomic mass is 10.1. The molecule has 1 heterocycles. The summed E-state index contributed by atoms with van der Waals surface area (Å²) in [7, 11) is 1.29. The number of carbonyl (C=O) groups is 2. The molecule has 0 unspecified atom stereocenters. The number of rotatable bonds is 5. The lowest BCUT2D eigenvalue weighted by Gasteiger charge is -2.08. The van der Waals surface area contributed by atoms with Gasteiger partial charge in [0, 0.05) is 16.0 Å². The van der Waals surface area contributed by atoms with Crippen molar-refractivity contribution in [2.45, 2.75) is 26.7 Å². The number of ether oxygens (including phenoxy) is 1. The Morgan fingerprint density at radius 2 is 1.78 bits per heavy atom. The largest absolute Gasteiger partial charge is 0.468 e. The monoisotopic (exact) mass is 333 g/mol. The zero-order valence-electron chi connectivity index (χ0n) is 13.8. The van der Waals surface area contributed by atoms with Crippen LogP contribution in [0.2, 0.25) is 0 Å². The van der Waals surface area contributed by atoms with Gasteiger partial charge in [0.2, 0.25) is 0 Å². The zero-order chi connectivity index (χ0) is 17.1. The van der Waals surface area contributed by atoms with E-state index in [0.717, 1.165) is 10.4 Å². The molecule has 0 atom stereocenters. The maximum Gasteiger partial charge on any atom is 0.325 e. The molecule has 2 rings (SSSR count). The third-order valence-electron chi connectivity index (χ3n) is 3.08. The smallest absolute Gasteiger partial charge is 0.325 e. The predicted molar refractivity (Wildman–Crippen MR) is 94.7 cm³/mol. The van der Waals surface area contributed by atoms with Gasteiger partial charge in [0.25, 0.3) is 5.91 Å². The van der Waals surface area contributed by atoms with Gasteiger partial charge in [-0.25, -0.2) is 0 Å². The third-order valence-corrected chi connectivity index (χ3v) is 3.98. The Kier molecular flexibility index (Phi) is 8.68. The standard InChI is InChI=1S/C14H13NO3S.C4H10/c1-18-13(16)9-15-14(17)11-6-3-2-5-10(11)12-7-4-8-19-12;1-3-4-2/h2-8H,9H2,1H3,(H,15,17);3-4H2,1-2H3. The second-order valence-corrected chi connectivity index (χ2v) is 5.73. The molecule has 0 saturated carbocycles. The summed E-state index contributed by atoms with van der Waals surface area (Å²) in [5, 5.41) is 4.50. The first kappa shape index (κ1) is 18.9. The van der Waals surface area contributed by atoms with Gasteiger partial charge in [-0.15, -0.1) is 11.3 Å². The second-order valence-electron chi connectivity index (χ2n) is 4.78. The molecule has 23 heavy (non-hydrogen) atoms. The molecule has 0 aliphatic rings. The van der Waals surface area contributed by atoms with E-state index in [4.69, 9.17) is 0 Å². The topological polar surface area (TPSA) is 55.4 Å². The Morgan fingerprint density at radius 3 is 2.35 bits per heavy atom. The molecule has 0 fully saturated rings. The van der Waals surface area contributed by atoms with Gasteiger partial charge in [0.1, 0.15) is 6.54 Å². The van der Waals surface area contributed by atoms with E-state index in [1.54, 1.807) is 23.5 Å². The van der Waals surface area contributed by atoms with Crippen molar-refractivity contribution in [2.24, 2.45) is 0 Å². The summed E-state index contributed by atoms with van der Waals surface area (Å²) < 4.78 is 4.49. The van der Waals surface area contributed by atoms with Crippen molar-refractivity contribution in [3.8, 4) is 10.4 Å². The number of hydrogen-bond acceptors (Lipinski definition) is 4. The molecule has 4 nitrogen and oxygen atoms in total. The maximum absolute atomic E-state index is 12.1. The minimum atomic E-state index is -0.470. The van der Waals surface area contributed by atoms with Crippen LogP contribution in [0.5, 0.6) is 0 Å². The lowest BCUT2D eigenvalue weighted by Crippen LogP contribution is -2.30. The number of methoxy groups -OCH3 is 1. The first-order valence-electron chi connectivity index (χ1n) is 7.61. The number of unbranched alkanes of at least 4 members (excludes halogenated alkanes) is 1. The van der Waals surface area contributed by atoms with Gasteiger partial charge in [-0.3, -0.25) is 9.59 Å². The van der Waals surface area contributed by atoms with Crippen LogP contribution in [0, 0.1) is 0 Å². The first-order valence-corrected chi connectivity index (χ1v) is 8.49. The maximum atomic E-state index is 12.1. The first-order chi connectivity index (χ1) is 11.1. The summed E-state index contributed by atoms with van der Waals surface area (Å²) in [4.78, 5) is 24.1. The molecule has 2 aromatic rings. The summed E-state index contributed by atoms with van der Waals surface area (Å²) in [6.07, 6.45) is 2.64. The highest BCUT2D eigenvalue weighted by Crippen LogP contribution is 2.27. The average molecular weight is 333 g/mol. The Balaban J connectivity index is 0.000000593. The molecule has 1 amide bonds. The van der Waals surface area contributed by atoms with Crippen LogP contribution in [0.1, 0.15) is 37.0 Å². The van der Waals surface area contributed by atoms with E-state index in [2.05, 4.69) is 23.9 Å². The minimum Gasteiger partial charge on any atom is -0.468 e. The highest BCUT2D eigenvalue weighted by Gasteiger charge is 2.13. The van der Waals surface area contributed by atoms with E-state index in [1.807, 2.05) is 29.6 Å². The summed E-state index contributed by atoms with van der Waals surface area (Å²) in [5.74, 6) is -0.753. The van der Waals surface area contributed by atoms with Crippen molar-refractivity contribution in [2.75, 3.05) is 13.7 Å². The summed E-state index contributed by atoms with van der Waals surface area (Å²) >= 11 is 1.56. The lowest BCUT2D eigenvalue weighted by molar-refractivity contribution is -0.139. The fraction of sp³-hybridized carbons (Fsp3) is 0.333. The molecule has 0 bridgehead atoms. The fourth-order valence-electron chi connectivity index (χ4n) is 1.65. The fourth-order valence-corrected chi connectivity index (χ4v) is 2.41. The molecule has 5 heteroatoms. The van der Waals surface area contributed by atoms with Crippen molar-refractivity contribution in [3.05, 3.63) is 47.3 Å². The molecule has 0 aliphatic carbocycles. The highest BCUT2D eigenvalue weighted by molar-refractivity contribution is 7.13. The predicted octanol–water partition coefficient (Wildman–Crippen LogP) is 4.12. The summed E-state index contributed by atoms with van der Waals surface area (Å²) in [6.45, 7) is 4.23. The van der Waals surface area contributed by atoms with E-state index in [0.29, 0.717) is 5.56 Å². The van der Waals surface area contributed by atoms with Gasteiger partial charge in [-0.2, -0.15) is 0 Å². The SMILES string of the molecule is CCCC.COC(=O)CNC(=O)c1ccccc1-c1cccs1. The Morgan fingerprint density at radius 1 is 1.09 bits per heavy atom. The van der Waals surface area contributed by atoms with E-state index in [9.17, 15) is 9.59 Å². The molecular formula is C18H23NO3S. The molecule has 1 aromatic carbocycles. The van der Waals surface area contributed by atoms with Crippen molar-refractivity contribution in [1.29, 1.82) is 0 Å². The average Bonchev–Trinajstić information content (AvgIpc) is 3.14. The van der Waals surface area contributed by atoms with Crippen LogP contribution >= 0.6 is 11.3 Å². The highest BCUT2D eigenvalue weighted by atomic mass is 32.1. The molecule has 0 aliphatic heterocycles. The Bertz CT molecular complexity index is 606. The van der Waals surface area contributed by atoms with E-state index in [1.165, 1.54) is 20.0 Å². The van der Waals surface area contributed by atoms with Crippen molar-refractivity contribution in [1.82, 2.24) is 5.32 Å². The number of esters is 1. The molecule has 124 valence electrons. The Labute approximate surface area is 141 Å². The molecular weight excluding hydrogens is 310 g/mol. The van der Waals surface area contributed by atoms with Gasteiger partial charge >= 0.3 is 5.97 Å². The molecule has 0 saturated heterocycles. The van der Waals surface area contributed by atoms with Gasteiger partial charge in [-0.05, 0) is 17.5 Å². The van der Waals surface area contributed by atoms with Crippen molar-refractivity contribution in [3.63, 3.8) is 0 Å². The van der Waals surface area contributed by atoms with Gasteiger partial charge in [0.05, 0.1) is 7.11 Å². The summed E-state index contributed by atoms with van der Waals surface area (Å²) in [5.41, 5.74) is 1.41. The summed E-state index contributed by atoms with van der Waals surface area (Å²) in [6, 6.07) is 11.2. The van der Waals surface area contributed by atoms with Crippen LogP contribution in [0.15, 0.2) is 41.8 Å². The molecule has 1 N–H and O–H groups in total. The third kappa shape index (κ3) is 6.24. The van der Waals surface area contributed by atoms with E-state index < -0.39 is 5.97 Å². The number of benzene rings is 1. The van der Waals surface area contributed by atoms with Gasteiger partial charge in [0.15, 0.2) is 0 Å². The number of hydrogen-bond donors (Lipinski definition) is 1. The number of carbonyl (C=O) groups excluding carboxylic acids is 2. The van der Waals surface area contributed by atoms with Crippen LogP contribution < -0.4 is 5.32 Å². The number of amides is 1. The van der Waals surface area contributed by atoms with Crippen LogP contribution in [0.3, 0.4) is 0 Å². The van der Waals surface area contributed by atoms with Crippen molar-refractivity contribution < 1.29 is 14.3 Å². The Hall–Kier alpha value is -2.14.